The van der Waals surface area contributed by atoms with Crippen molar-refractivity contribution < 1.29 is 29.3 Å². The van der Waals surface area contributed by atoms with Crippen LogP contribution in [-0.4, -0.2) is 28.1 Å². The third-order valence-corrected chi connectivity index (χ3v) is 6.06. The second kappa shape index (κ2) is 7.47. The molecular formula is C23H32O6. The maximum atomic E-state index is 12.9. The lowest BCUT2D eigenvalue weighted by Gasteiger charge is -2.47. The number of benzene rings is 1. The summed E-state index contributed by atoms with van der Waals surface area (Å²) in [6.07, 6.45) is 0.0573. The largest absolute Gasteiger partial charge is 0.481 e. The molecule has 1 aliphatic carbocycles. The molecule has 0 unspecified atom stereocenters. The van der Waals surface area contributed by atoms with Crippen molar-refractivity contribution >= 4 is 17.9 Å². The van der Waals surface area contributed by atoms with E-state index in [0.717, 1.165) is 5.56 Å². The fraction of sp³-hybridized carbons (Fsp3) is 0.609. The van der Waals surface area contributed by atoms with Gasteiger partial charge in [-0.2, -0.15) is 0 Å². The quantitative estimate of drug-likeness (QED) is 0.706. The molecule has 2 N–H and O–H groups in total. The van der Waals surface area contributed by atoms with E-state index in [1.54, 1.807) is 6.92 Å². The molecule has 160 valence electrons. The number of carbonyl (C=O) groups excluding carboxylic acids is 1. The summed E-state index contributed by atoms with van der Waals surface area (Å²) in [6.45, 7) is 11.0. The van der Waals surface area contributed by atoms with Gasteiger partial charge in [0.05, 0.1) is 16.2 Å². The molecule has 6 heteroatoms. The Balaban J connectivity index is 2.19. The Bertz CT molecular complexity index is 776. The molecule has 0 aromatic heterocycles. The van der Waals surface area contributed by atoms with Crippen molar-refractivity contribution in [3.8, 4) is 0 Å². The standard InChI is InChI=1S/C23H32O6/c1-20(2,3)16-9-7-15(8-10-16)11-29-19(28)23(6)13-21(4,17(24)25)12-22(5,14-23)18(26)27/h7-10H,11-14H2,1-6H3,(H,24,25)(H,26,27)/t21-,22-/m1/s1. The van der Waals surface area contributed by atoms with E-state index in [2.05, 4.69) is 20.8 Å². The minimum Gasteiger partial charge on any atom is -0.481 e. The van der Waals surface area contributed by atoms with E-state index in [4.69, 9.17) is 4.74 Å². The van der Waals surface area contributed by atoms with Gasteiger partial charge in [-0.3, -0.25) is 14.4 Å². The maximum absolute atomic E-state index is 12.9. The predicted octanol–water partition coefficient (Wildman–Crippen LogP) is 4.40. The SMILES string of the molecule is CC1(C(=O)OCc2ccc(C(C)(C)C)cc2)C[C@](C)(C(=O)O)C[C@@](C)(C(=O)O)C1. The number of carboxylic acid groups (broad SMARTS) is 2. The van der Waals surface area contributed by atoms with Crippen LogP contribution in [0.5, 0.6) is 0 Å². The number of esters is 1. The Morgan fingerprint density at radius 3 is 1.66 bits per heavy atom. The van der Waals surface area contributed by atoms with Gasteiger partial charge in [0.2, 0.25) is 0 Å². The van der Waals surface area contributed by atoms with Gasteiger partial charge in [-0.25, -0.2) is 0 Å². The molecule has 0 radical (unpaired) electrons. The lowest BCUT2D eigenvalue weighted by Crippen LogP contribution is -2.52. The highest BCUT2D eigenvalue weighted by molar-refractivity contribution is 5.84. The summed E-state index contributed by atoms with van der Waals surface area (Å²) in [5, 5.41) is 19.4. The average molecular weight is 405 g/mol. The smallest absolute Gasteiger partial charge is 0.312 e. The van der Waals surface area contributed by atoms with Gasteiger partial charge in [0.25, 0.3) is 0 Å². The Hall–Kier alpha value is -2.37. The van der Waals surface area contributed by atoms with E-state index in [1.165, 1.54) is 19.4 Å². The molecule has 0 bridgehead atoms. The molecule has 1 saturated carbocycles. The number of carboxylic acids is 2. The van der Waals surface area contributed by atoms with Crippen LogP contribution < -0.4 is 0 Å². The van der Waals surface area contributed by atoms with E-state index in [-0.39, 0.29) is 31.3 Å². The van der Waals surface area contributed by atoms with E-state index in [0.29, 0.717) is 0 Å². The molecule has 0 heterocycles. The Morgan fingerprint density at radius 1 is 0.862 bits per heavy atom. The predicted molar refractivity (Wildman–Crippen MR) is 108 cm³/mol. The summed E-state index contributed by atoms with van der Waals surface area (Å²) in [5.74, 6) is -2.75. The van der Waals surface area contributed by atoms with Crippen LogP contribution in [0.1, 0.15) is 71.9 Å². The topological polar surface area (TPSA) is 101 Å². The van der Waals surface area contributed by atoms with Gasteiger partial charge in [-0.15, -0.1) is 0 Å². The fourth-order valence-corrected chi connectivity index (χ4v) is 4.64. The number of carbonyl (C=O) groups is 3. The molecule has 2 atom stereocenters. The molecule has 1 aliphatic rings. The van der Waals surface area contributed by atoms with E-state index >= 15 is 0 Å². The molecule has 2 rings (SSSR count). The molecule has 0 aliphatic heterocycles. The zero-order valence-corrected chi connectivity index (χ0v) is 18.2. The van der Waals surface area contributed by atoms with Gasteiger partial charge in [-0.1, -0.05) is 45.0 Å². The highest BCUT2D eigenvalue weighted by atomic mass is 16.5. The van der Waals surface area contributed by atoms with Gasteiger partial charge in [0.15, 0.2) is 0 Å². The van der Waals surface area contributed by atoms with Crippen molar-refractivity contribution in [3.05, 3.63) is 35.4 Å². The second-order valence-electron chi connectivity index (χ2n) is 10.3. The third-order valence-electron chi connectivity index (χ3n) is 6.06. The van der Waals surface area contributed by atoms with Gasteiger partial charge < -0.3 is 14.9 Å². The Labute approximate surface area is 172 Å². The number of aliphatic carboxylic acids is 2. The zero-order valence-electron chi connectivity index (χ0n) is 18.2. The number of hydrogen-bond acceptors (Lipinski definition) is 4. The molecule has 6 nitrogen and oxygen atoms in total. The van der Waals surface area contributed by atoms with Crippen LogP contribution in [0.4, 0.5) is 0 Å². The second-order valence-corrected chi connectivity index (χ2v) is 10.3. The number of hydrogen-bond donors (Lipinski definition) is 2. The Morgan fingerprint density at radius 2 is 1.28 bits per heavy atom. The maximum Gasteiger partial charge on any atom is 0.312 e. The van der Waals surface area contributed by atoms with Crippen LogP contribution in [-0.2, 0) is 31.1 Å². The van der Waals surface area contributed by atoms with Crippen molar-refractivity contribution in [3.63, 3.8) is 0 Å². The fourth-order valence-electron chi connectivity index (χ4n) is 4.64. The highest BCUT2D eigenvalue weighted by Gasteiger charge is 2.58. The molecular weight excluding hydrogens is 372 g/mol. The lowest BCUT2D eigenvalue weighted by molar-refractivity contribution is -0.178. The van der Waals surface area contributed by atoms with Crippen LogP contribution in [0.15, 0.2) is 24.3 Å². The van der Waals surface area contributed by atoms with Crippen LogP contribution in [0, 0.1) is 16.2 Å². The summed E-state index contributed by atoms with van der Waals surface area (Å²) in [4.78, 5) is 36.6. The normalized spacial score (nSPS) is 29.9. The van der Waals surface area contributed by atoms with Crippen LogP contribution in [0.2, 0.25) is 0 Å². The summed E-state index contributed by atoms with van der Waals surface area (Å²) in [6, 6.07) is 7.79. The van der Waals surface area contributed by atoms with Crippen molar-refractivity contribution in [2.75, 3.05) is 0 Å². The van der Waals surface area contributed by atoms with Crippen LogP contribution >= 0.6 is 0 Å². The van der Waals surface area contributed by atoms with Crippen LogP contribution in [0.3, 0.4) is 0 Å². The molecule has 1 aromatic carbocycles. The van der Waals surface area contributed by atoms with Gasteiger partial charge >= 0.3 is 17.9 Å². The molecule has 0 amide bonds. The molecule has 1 aromatic rings. The van der Waals surface area contributed by atoms with Gasteiger partial charge in [0.1, 0.15) is 6.61 Å². The summed E-state index contributed by atoms with van der Waals surface area (Å²) < 4.78 is 5.52. The summed E-state index contributed by atoms with van der Waals surface area (Å²) >= 11 is 0. The van der Waals surface area contributed by atoms with Gasteiger partial charge in [0, 0.05) is 0 Å². The summed E-state index contributed by atoms with van der Waals surface area (Å²) in [5.41, 5.74) is -1.80. The number of ether oxygens (including phenoxy) is 1. The van der Waals surface area contributed by atoms with E-state index in [9.17, 15) is 24.6 Å². The first kappa shape index (κ1) is 22.9. The van der Waals surface area contributed by atoms with Gasteiger partial charge in [-0.05, 0) is 56.6 Å². The summed E-state index contributed by atoms with van der Waals surface area (Å²) in [7, 11) is 0. The van der Waals surface area contributed by atoms with Crippen molar-refractivity contribution in [1.82, 2.24) is 0 Å². The van der Waals surface area contributed by atoms with E-state index in [1.807, 2.05) is 24.3 Å². The first-order valence-electron chi connectivity index (χ1n) is 9.85. The Kier molecular flexibility index (Phi) is 5.90. The highest BCUT2D eigenvalue weighted by Crippen LogP contribution is 2.55. The van der Waals surface area contributed by atoms with Crippen molar-refractivity contribution in [2.45, 2.75) is 72.8 Å². The first-order chi connectivity index (χ1) is 13.1. The monoisotopic (exact) mass is 404 g/mol. The minimum absolute atomic E-state index is 0.0212. The lowest BCUT2D eigenvalue weighted by atomic mass is 9.54. The zero-order chi connectivity index (χ0) is 22.3. The van der Waals surface area contributed by atoms with Crippen molar-refractivity contribution in [1.29, 1.82) is 0 Å². The minimum atomic E-state index is -1.31. The molecule has 29 heavy (non-hydrogen) atoms. The number of rotatable bonds is 5. The third kappa shape index (κ3) is 4.80. The van der Waals surface area contributed by atoms with Crippen LogP contribution in [0.25, 0.3) is 0 Å². The average Bonchev–Trinajstić information content (AvgIpc) is 2.58. The molecule has 0 saturated heterocycles. The molecule has 0 spiro atoms. The molecule has 1 fully saturated rings. The first-order valence-corrected chi connectivity index (χ1v) is 9.85. The van der Waals surface area contributed by atoms with E-state index < -0.39 is 34.2 Å². The van der Waals surface area contributed by atoms with Crippen molar-refractivity contribution in [2.24, 2.45) is 16.2 Å².